The second kappa shape index (κ2) is 11.8. The fourth-order valence-electron chi connectivity index (χ4n) is 4.82. The molecule has 0 radical (unpaired) electrons. The van der Waals surface area contributed by atoms with Crippen molar-refractivity contribution in [1.82, 2.24) is 30.2 Å². The molecule has 1 saturated heterocycles. The van der Waals surface area contributed by atoms with Crippen LogP contribution in [0.5, 0.6) is 0 Å². The minimum atomic E-state index is -0.129. The first-order valence-corrected chi connectivity index (χ1v) is 13.2. The minimum absolute atomic E-state index is 0.113. The minimum Gasteiger partial charge on any atom is -0.369 e. The van der Waals surface area contributed by atoms with E-state index in [9.17, 15) is 9.59 Å². The zero-order valence-electron chi connectivity index (χ0n) is 22.1. The quantitative estimate of drug-likeness (QED) is 0.287. The van der Waals surface area contributed by atoms with Crippen LogP contribution in [0.1, 0.15) is 41.6 Å². The molecule has 4 aromatic rings. The number of nitrogens with zero attached hydrogens (tertiary/aromatic N) is 5. The average Bonchev–Trinajstić information content (AvgIpc) is 3.39. The van der Waals surface area contributed by atoms with Gasteiger partial charge in [-0.05, 0) is 30.2 Å². The lowest BCUT2D eigenvalue weighted by molar-refractivity contribution is -0.127. The topological polar surface area (TPSA) is 125 Å². The number of para-hydroxylation sites is 1. The van der Waals surface area contributed by atoms with Crippen molar-refractivity contribution in [2.24, 2.45) is 0 Å². The van der Waals surface area contributed by atoms with Gasteiger partial charge in [0, 0.05) is 75.0 Å². The van der Waals surface area contributed by atoms with Crippen LogP contribution in [0.15, 0.2) is 61.2 Å². The molecule has 200 valence electrons. The summed E-state index contributed by atoms with van der Waals surface area (Å²) in [6.07, 6.45) is 6.60. The van der Waals surface area contributed by atoms with Crippen molar-refractivity contribution in [2.45, 2.75) is 25.7 Å². The Bertz CT molecular complexity index is 1470. The number of nitrogens with one attached hydrogen (secondary N) is 3. The molecule has 3 N–H and O–H groups in total. The van der Waals surface area contributed by atoms with E-state index in [4.69, 9.17) is 0 Å². The van der Waals surface area contributed by atoms with Crippen LogP contribution in [0, 0.1) is 0 Å². The Morgan fingerprint density at radius 3 is 2.72 bits per heavy atom. The molecule has 5 rings (SSSR count). The van der Waals surface area contributed by atoms with E-state index in [1.807, 2.05) is 41.3 Å². The van der Waals surface area contributed by atoms with Gasteiger partial charge in [-0.2, -0.15) is 0 Å². The third-order valence-electron chi connectivity index (χ3n) is 6.98. The normalized spacial score (nSPS) is 13.9. The molecule has 1 atom stereocenters. The van der Waals surface area contributed by atoms with Gasteiger partial charge < -0.3 is 20.9 Å². The zero-order valence-corrected chi connectivity index (χ0v) is 22.1. The van der Waals surface area contributed by atoms with E-state index in [0.29, 0.717) is 37.4 Å². The van der Waals surface area contributed by atoms with E-state index in [1.54, 1.807) is 25.5 Å². The van der Waals surface area contributed by atoms with Gasteiger partial charge in [0.15, 0.2) is 0 Å². The number of amides is 2. The second-order valence-electron chi connectivity index (χ2n) is 9.59. The van der Waals surface area contributed by atoms with Crippen molar-refractivity contribution >= 4 is 34.4 Å². The van der Waals surface area contributed by atoms with E-state index >= 15 is 0 Å². The number of likely N-dealkylation sites (tertiary alicyclic amines) is 1. The fraction of sp³-hybridized carbons (Fsp3) is 0.310. The van der Waals surface area contributed by atoms with Crippen LogP contribution in [0.25, 0.3) is 22.2 Å². The number of anilines is 2. The Kier molecular flexibility index (Phi) is 7.91. The molecule has 0 saturated carbocycles. The van der Waals surface area contributed by atoms with Gasteiger partial charge in [-0.3, -0.25) is 14.6 Å². The molecule has 0 spiro atoms. The molecule has 10 nitrogen and oxygen atoms in total. The molecular weight excluding hydrogens is 492 g/mol. The maximum absolute atomic E-state index is 12.3. The van der Waals surface area contributed by atoms with Crippen molar-refractivity contribution in [3.05, 3.63) is 72.3 Å². The maximum atomic E-state index is 12.3. The Morgan fingerprint density at radius 1 is 1.05 bits per heavy atom. The summed E-state index contributed by atoms with van der Waals surface area (Å²) in [5.74, 6) is 1.68. The van der Waals surface area contributed by atoms with Gasteiger partial charge in [-0.15, -0.1) is 0 Å². The summed E-state index contributed by atoms with van der Waals surface area (Å²) < 4.78 is 0. The third-order valence-corrected chi connectivity index (χ3v) is 6.98. The molecule has 2 amide bonds. The number of benzene rings is 1. The van der Waals surface area contributed by atoms with Crippen LogP contribution in [0.3, 0.4) is 0 Å². The standard InChI is InChI=1S/C29H32N8O2/c1-19(21-5-3-6-22-23(29(39)30-2)10-11-32-28(21)22)16-33-26-15-24(35-18-36-26)20-8-9-25(34-17-20)31-12-14-37-13-4-7-27(37)38/h3,5-6,8-11,15,17-19H,4,7,12-14,16H2,1-2H3,(H,30,39)(H,31,34)(H,33,35,36)/t19-/m1/s1. The summed E-state index contributed by atoms with van der Waals surface area (Å²) in [5, 5.41) is 10.2. The van der Waals surface area contributed by atoms with E-state index in [2.05, 4.69) is 42.8 Å². The highest BCUT2D eigenvalue weighted by atomic mass is 16.2. The van der Waals surface area contributed by atoms with Crippen molar-refractivity contribution in [1.29, 1.82) is 0 Å². The number of fused-ring (bicyclic) bond motifs is 1. The fourth-order valence-corrected chi connectivity index (χ4v) is 4.82. The molecule has 0 aliphatic carbocycles. The van der Waals surface area contributed by atoms with Crippen molar-refractivity contribution in [2.75, 3.05) is 43.9 Å². The number of hydrogen-bond donors (Lipinski definition) is 3. The predicted octanol–water partition coefficient (Wildman–Crippen LogP) is 3.70. The van der Waals surface area contributed by atoms with Crippen LogP contribution >= 0.6 is 0 Å². The molecule has 0 bridgehead atoms. The maximum Gasteiger partial charge on any atom is 0.251 e. The van der Waals surface area contributed by atoms with Gasteiger partial charge >= 0.3 is 0 Å². The first-order valence-electron chi connectivity index (χ1n) is 13.2. The van der Waals surface area contributed by atoms with Crippen LogP contribution in [0.4, 0.5) is 11.6 Å². The van der Waals surface area contributed by atoms with Gasteiger partial charge in [0.1, 0.15) is 18.0 Å². The number of carbonyl (C=O) groups is 2. The first kappa shape index (κ1) is 26.0. The zero-order chi connectivity index (χ0) is 27.2. The van der Waals surface area contributed by atoms with Gasteiger partial charge in [0.25, 0.3) is 5.91 Å². The molecule has 0 unspecified atom stereocenters. The highest BCUT2D eigenvalue weighted by Gasteiger charge is 2.19. The molecular formula is C29H32N8O2. The van der Waals surface area contributed by atoms with Crippen LogP contribution in [-0.4, -0.2) is 69.9 Å². The van der Waals surface area contributed by atoms with Crippen molar-refractivity contribution in [3.8, 4) is 11.3 Å². The van der Waals surface area contributed by atoms with E-state index in [1.165, 1.54) is 6.33 Å². The highest BCUT2D eigenvalue weighted by Crippen LogP contribution is 2.27. The predicted molar refractivity (Wildman–Crippen MR) is 152 cm³/mol. The Morgan fingerprint density at radius 2 is 1.95 bits per heavy atom. The third kappa shape index (κ3) is 5.95. The lowest BCUT2D eigenvalue weighted by atomic mass is 9.96. The molecule has 1 aliphatic rings. The Hall–Kier alpha value is -4.60. The smallest absolute Gasteiger partial charge is 0.251 e. The van der Waals surface area contributed by atoms with Gasteiger partial charge in [-0.25, -0.2) is 15.0 Å². The SMILES string of the molecule is CNC(=O)c1ccnc2c([C@H](C)CNc3cc(-c4ccc(NCCN5CCCC5=O)nc4)ncn3)cccc12. The summed E-state index contributed by atoms with van der Waals surface area (Å²) in [6.45, 7) is 4.94. The number of aromatic nitrogens is 4. The molecule has 1 fully saturated rings. The number of carbonyl (C=O) groups excluding carboxylic acids is 2. The summed E-state index contributed by atoms with van der Waals surface area (Å²) >= 11 is 0. The number of rotatable bonds is 10. The molecule has 4 heterocycles. The summed E-state index contributed by atoms with van der Waals surface area (Å²) in [4.78, 5) is 43.8. The van der Waals surface area contributed by atoms with Crippen LogP contribution < -0.4 is 16.0 Å². The molecule has 3 aromatic heterocycles. The van der Waals surface area contributed by atoms with Crippen LogP contribution in [0.2, 0.25) is 0 Å². The monoisotopic (exact) mass is 524 g/mol. The van der Waals surface area contributed by atoms with Crippen LogP contribution in [-0.2, 0) is 4.79 Å². The van der Waals surface area contributed by atoms with Gasteiger partial charge in [-0.1, -0.05) is 25.1 Å². The summed E-state index contributed by atoms with van der Waals surface area (Å²) in [6, 6.07) is 13.5. The first-order chi connectivity index (χ1) is 19.0. The summed E-state index contributed by atoms with van der Waals surface area (Å²) in [5.41, 5.74) is 4.14. The Labute approximate surface area is 227 Å². The molecule has 10 heteroatoms. The van der Waals surface area contributed by atoms with E-state index < -0.39 is 0 Å². The lowest BCUT2D eigenvalue weighted by Gasteiger charge is -2.16. The lowest BCUT2D eigenvalue weighted by Crippen LogP contribution is -2.30. The van der Waals surface area contributed by atoms with E-state index in [-0.39, 0.29) is 17.7 Å². The highest BCUT2D eigenvalue weighted by molar-refractivity contribution is 6.06. The molecule has 1 aliphatic heterocycles. The largest absolute Gasteiger partial charge is 0.369 e. The van der Waals surface area contributed by atoms with Crippen molar-refractivity contribution in [3.63, 3.8) is 0 Å². The number of hydrogen-bond acceptors (Lipinski definition) is 8. The summed E-state index contributed by atoms with van der Waals surface area (Å²) in [7, 11) is 1.63. The Balaban J connectivity index is 1.22. The van der Waals surface area contributed by atoms with Gasteiger partial charge in [0.2, 0.25) is 5.91 Å². The van der Waals surface area contributed by atoms with E-state index in [0.717, 1.165) is 46.5 Å². The second-order valence-corrected chi connectivity index (χ2v) is 9.59. The van der Waals surface area contributed by atoms with Gasteiger partial charge in [0.05, 0.1) is 16.8 Å². The van der Waals surface area contributed by atoms with Crippen molar-refractivity contribution < 1.29 is 9.59 Å². The molecule has 1 aromatic carbocycles. The average molecular weight is 525 g/mol. The molecule has 39 heavy (non-hydrogen) atoms. The number of pyridine rings is 2.